The number of carboxylic acids is 1. The van der Waals surface area contributed by atoms with Gasteiger partial charge in [-0.25, -0.2) is 0 Å². The number of carbonyl (C=O) groups is 1. The SMILES string of the molecule is CCCCC[C@H](O)C=C[C@H]1[C@@H](CC=CCCCC(=O)O)[C@H](O)C[C@@H]1O. The van der Waals surface area contributed by atoms with Crippen molar-refractivity contribution < 1.29 is 25.2 Å². The minimum atomic E-state index is -0.787. The van der Waals surface area contributed by atoms with Crippen molar-refractivity contribution in [1.82, 2.24) is 0 Å². The molecule has 0 aliphatic heterocycles. The number of allylic oxidation sites excluding steroid dienone is 2. The third-order valence-corrected chi connectivity index (χ3v) is 4.91. The van der Waals surface area contributed by atoms with Crippen LogP contribution < -0.4 is 0 Å². The summed E-state index contributed by atoms with van der Waals surface area (Å²) in [5.41, 5.74) is 0. The van der Waals surface area contributed by atoms with Crippen LogP contribution in [0.3, 0.4) is 0 Å². The highest BCUT2D eigenvalue weighted by Gasteiger charge is 2.39. The van der Waals surface area contributed by atoms with Gasteiger partial charge in [-0.2, -0.15) is 0 Å². The first kappa shape index (κ1) is 21.9. The second kappa shape index (κ2) is 12.2. The molecule has 1 saturated carbocycles. The number of aliphatic hydroxyl groups excluding tert-OH is 3. The molecule has 1 aliphatic carbocycles. The molecule has 144 valence electrons. The number of hydrogen-bond acceptors (Lipinski definition) is 4. The van der Waals surface area contributed by atoms with E-state index < -0.39 is 24.3 Å². The summed E-state index contributed by atoms with van der Waals surface area (Å²) in [6.07, 6.45) is 12.3. The Morgan fingerprint density at radius 3 is 2.60 bits per heavy atom. The fraction of sp³-hybridized carbons (Fsp3) is 0.750. The van der Waals surface area contributed by atoms with Gasteiger partial charge in [0, 0.05) is 18.8 Å². The molecule has 0 aromatic rings. The van der Waals surface area contributed by atoms with E-state index in [1.165, 1.54) is 0 Å². The van der Waals surface area contributed by atoms with Crippen molar-refractivity contribution in [2.45, 2.75) is 83.0 Å². The van der Waals surface area contributed by atoms with Crippen LogP contribution >= 0.6 is 0 Å². The lowest BCUT2D eigenvalue weighted by Gasteiger charge is -2.19. The largest absolute Gasteiger partial charge is 0.481 e. The number of carboxylic acid groups (broad SMARTS) is 1. The molecule has 1 fully saturated rings. The summed E-state index contributed by atoms with van der Waals surface area (Å²) in [4.78, 5) is 10.5. The third kappa shape index (κ3) is 8.66. The molecule has 5 atom stereocenters. The van der Waals surface area contributed by atoms with E-state index in [0.717, 1.165) is 25.7 Å². The van der Waals surface area contributed by atoms with Crippen molar-refractivity contribution in [3.05, 3.63) is 24.3 Å². The molecule has 0 heterocycles. The maximum Gasteiger partial charge on any atom is 0.303 e. The molecule has 0 spiro atoms. The lowest BCUT2D eigenvalue weighted by molar-refractivity contribution is -0.137. The quantitative estimate of drug-likeness (QED) is 0.319. The van der Waals surface area contributed by atoms with Gasteiger partial charge in [-0.3, -0.25) is 4.79 Å². The van der Waals surface area contributed by atoms with E-state index in [9.17, 15) is 20.1 Å². The van der Waals surface area contributed by atoms with Gasteiger partial charge in [-0.1, -0.05) is 50.5 Å². The van der Waals surface area contributed by atoms with Gasteiger partial charge in [0.15, 0.2) is 0 Å². The lowest BCUT2D eigenvalue weighted by Crippen LogP contribution is -2.20. The van der Waals surface area contributed by atoms with Crippen LogP contribution in [0.5, 0.6) is 0 Å². The molecule has 1 aliphatic rings. The summed E-state index contributed by atoms with van der Waals surface area (Å²) < 4.78 is 0. The van der Waals surface area contributed by atoms with Crippen molar-refractivity contribution in [3.8, 4) is 0 Å². The molecule has 0 amide bonds. The summed E-state index contributed by atoms with van der Waals surface area (Å²) in [5, 5.41) is 39.0. The highest BCUT2D eigenvalue weighted by molar-refractivity contribution is 5.66. The molecule has 0 unspecified atom stereocenters. The van der Waals surface area contributed by atoms with Gasteiger partial charge in [-0.15, -0.1) is 0 Å². The van der Waals surface area contributed by atoms with Crippen LogP contribution in [0, 0.1) is 11.8 Å². The first-order chi connectivity index (χ1) is 12.0. The molecule has 1 rings (SSSR count). The average Bonchev–Trinajstić information content (AvgIpc) is 2.82. The lowest BCUT2D eigenvalue weighted by atomic mass is 9.89. The summed E-state index contributed by atoms with van der Waals surface area (Å²) in [7, 11) is 0. The zero-order valence-corrected chi connectivity index (χ0v) is 15.3. The van der Waals surface area contributed by atoms with Crippen molar-refractivity contribution in [2.24, 2.45) is 11.8 Å². The summed E-state index contributed by atoms with van der Waals surface area (Å²) >= 11 is 0. The van der Waals surface area contributed by atoms with Gasteiger partial charge in [0.1, 0.15) is 0 Å². The monoisotopic (exact) mass is 354 g/mol. The molecule has 5 nitrogen and oxygen atoms in total. The second-order valence-electron chi connectivity index (χ2n) is 7.05. The van der Waals surface area contributed by atoms with Crippen molar-refractivity contribution in [3.63, 3.8) is 0 Å². The molecule has 5 heteroatoms. The summed E-state index contributed by atoms with van der Waals surface area (Å²) in [5.74, 6) is -1.00. The number of unbranched alkanes of at least 4 members (excludes halogenated alkanes) is 3. The maximum atomic E-state index is 10.5. The smallest absolute Gasteiger partial charge is 0.303 e. The zero-order chi connectivity index (χ0) is 18.7. The minimum absolute atomic E-state index is 0.0650. The predicted octanol–water partition coefficient (Wildman–Crippen LogP) is 3.04. The molecule has 0 aromatic carbocycles. The average molecular weight is 354 g/mol. The molecule has 0 saturated heterocycles. The fourth-order valence-electron chi connectivity index (χ4n) is 3.41. The van der Waals surface area contributed by atoms with Gasteiger partial charge in [0.2, 0.25) is 0 Å². The van der Waals surface area contributed by atoms with Gasteiger partial charge >= 0.3 is 5.97 Å². The van der Waals surface area contributed by atoms with Crippen LogP contribution in [0.1, 0.15) is 64.7 Å². The Morgan fingerprint density at radius 2 is 1.92 bits per heavy atom. The van der Waals surface area contributed by atoms with Crippen LogP contribution in [-0.4, -0.2) is 44.7 Å². The number of hydrogen-bond donors (Lipinski definition) is 4. The molecule has 4 N–H and O–H groups in total. The normalized spacial score (nSPS) is 28.2. The predicted molar refractivity (Wildman–Crippen MR) is 98.1 cm³/mol. The van der Waals surface area contributed by atoms with Crippen molar-refractivity contribution in [2.75, 3.05) is 0 Å². The first-order valence-corrected chi connectivity index (χ1v) is 9.55. The van der Waals surface area contributed by atoms with E-state index in [4.69, 9.17) is 5.11 Å². The van der Waals surface area contributed by atoms with Gasteiger partial charge in [0.25, 0.3) is 0 Å². The molecule has 0 radical (unpaired) electrons. The molecule has 0 bridgehead atoms. The van der Waals surface area contributed by atoms with Crippen molar-refractivity contribution in [1.29, 1.82) is 0 Å². The van der Waals surface area contributed by atoms with Crippen LogP contribution in [0.15, 0.2) is 24.3 Å². The van der Waals surface area contributed by atoms with E-state index in [1.807, 2.05) is 18.2 Å². The highest BCUT2D eigenvalue weighted by Crippen LogP contribution is 2.36. The van der Waals surface area contributed by atoms with Crippen LogP contribution in [0.2, 0.25) is 0 Å². The van der Waals surface area contributed by atoms with Gasteiger partial charge < -0.3 is 20.4 Å². The Morgan fingerprint density at radius 1 is 1.16 bits per heavy atom. The van der Waals surface area contributed by atoms with Crippen LogP contribution in [-0.2, 0) is 4.79 Å². The maximum absolute atomic E-state index is 10.5. The van der Waals surface area contributed by atoms with Crippen LogP contribution in [0.4, 0.5) is 0 Å². The third-order valence-electron chi connectivity index (χ3n) is 4.91. The van der Waals surface area contributed by atoms with Gasteiger partial charge in [0.05, 0.1) is 18.3 Å². The Labute approximate surface area is 151 Å². The Bertz CT molecular complexity index is 432. The van der Waals surface area contributed by atoms with E-state index >= 15 is 0 Å². The Kier molecular flexibility index (Phi) is 10.7. The molecule has 0 aromatic heterocycles. The Hall–Kier alpha value is -1.17. The van der Waals surface area contributed by atoms with Crippen molar-refractivity contribution >= 4 is 5.97 Å². The van der Waals surface area contributed by atoms with E-state index in [2.05, 4.69) is 6.92 Å². The zero-order valence-electron chi connectivity index (χ0n) is 15.3. The molecular weight excluding hydrogens is 320 g/mol. The Balaban J connectivity index is 2.46. The van der Waals surface area contributed by atoms with Gasteiger partial charge in [-0.05, 0) is 31.6 Å². The minimum Gasteiger partial charge on any atom is -0.481 e. The molecule has 25 heavy (non-hydrogen) atoms. The topological polar surface area (TPSA) is 98.0 Å². The summed E-state index contributed by atoms with van der Waals surface area (Å²) in [6, 6.07) is 0. The number of aliphatic hydroxyl groups is 3. The van der Waals surface area contributed by atoms with E-state index in [-0.39, 0.29) is 18.3 Å². The molecular formula is C20H34O5. The van der Waals surface area contributed by atoms with E-state index in [0.29, 0.717) is 25.7 Å². The van der Waals surface area contributed by atoms with E-state index in [1.54, 1.807) is 6.08 Å². The standard InChI is InChI=1S/C20H34O5/c1-2-3-6-9-15(21)12-13-17-16(18(22)14-19(17)23)10-7-4-5-8-11-20(24)25/h4,7,12-13,15-19,21-23H,2-3,5-6,8-11,14H2,1H3,(H,24,25)/t15-,16+,17-,18+,19-/m0/s1. The number of aliphatic carboxylic acids is 1. The number of rotatable bonds is 12. The second-order valence-corrected chi connectivity index (χ2v) is 7.05. The summed E-state index contributed by atoms with van der Waals surface area (Å²) in [6.45, 7) is 2.12. The highest BCUT2D eigenvalue weighted by atomic mass is 16.4. The fourth-order valence-corrected chi connectivity index (χ4v) is 3.41. The first-order valence-electron chi connectivity index (χ1n) is 9.55. The van der Waals surface area contributed by atoms with Crippen LogP contribution in [0.25, 0.3) is 0 Å².